The SMILES string of the molecule is CCn1c(N)c(NCCC(=O)N2CCCC2)c(=O)[nH]c1=O. The van der Waals surface area contributed by atoms with Gasteiger partial charge in [0.25, 0.3) is 5.56 Å². The molecule has 0 unspecified atom stereocenters. The molecule has 0 aromatic carbocycles. The van der Waals surface area contributed by atoms with Crippen molar-refractivity contribution in [1.82, 2.24) is 14.5 Å². The smallest absolute Gasteiger partial charge is 0.330 e. The molecule has 0 spiro atoms. The molecule has 1 saturated heterocycles. The second-order valence-electron chi connectivity index (χ2n) is 5.03. The van der Waals surface area contributed by atoms with Crippen LogP contribution in [-0.4, -0.2) is 40.0 Å². The molecule has 1 aliphatic rings. The molecular formula is C13H21N5O3. The summed E-state index contributed by atoms with van der Waals surface area (Å²) in [5.74, 6) is 0.165. The molecule has 1 amide bonds. The quantitative estimate of drug-likeness (QED) is 0.681. The van der Waals surface area contributed by atoms with Crippen molar-refractivity contribution in [3.05, 3.63) is 20.8 Å². The number of anilines is 2. The van der Waals surface area contributed by atoms with Gasteiger partial charge in [-0.05, 0) is 19.8 Å². The molecule has 0 radical (unpaired) electrons. The first-order valence-corrected chi connectivity index (χ1v) is 7.18. The lowest BCUT2D eigenvalue weighted by atomic mass is 10.3. The number of H-pyrrole nitrogens is 1. The molecule has 21 heavy (non-hydrogen) atoms. The monoisotopic (exact) mass is 295 g/mol. The summed E-state index contributed by atoms with van der Waals surface area (Å²) >= 11 is 0. The van der Waals surface area contributed by atoms with Crippen LogP contribution in [0.3, 0.4) is 0 Å². The number of hydrogen-bond donors (Lipinski definition) is 3. The third-order valence-electron chi connectivity index (χ3n) is 3.66. The molecule has 1 aromatic rings. The highest BCUT2D eigenvalue weighted by atomic mass is 16.2. The zero-order chi connectivity index (χ0) is 15.4. The Labute approximate surface area is 121 Å². The van der Waals surface area contributed by atoms with Crippen molar-refractivity contribution >= 4 is 17.4 Å². The number of aromatic nitrogens is 2. The van der Waals surface area contributed by atoms with E-state index in [-0.39, 0.29) is 17.4 Å². The molecule has 0 saturated carbocycles. The fourth-order valence-electron chi connectivity index (χ4n) is 2.49. The predicted octanol–water partition coefficient (Wildman–Crippen LogP) is -0.437. The minimum atomic E-state index is -0.559. The van der Waals surface area contributed by atoms with E-state index in [2.05, 4.69) is 10.3 Å². The number of carbonyl (C=O) groups excluding carboxylic acids is 1. The summed E-state index contributed by atoms with van der Waals surface area (Å²) in [6, 6.07) is 0. The van der Waals surface area contributed by atoms with E-state index in [0.29, 0.717) is 19.5 Å². The van der Waals surface area contributed by atoms with Crippen LogP contribution in [0.2, 0.25) is 0 Å². The van der Waals surface area contributed by atoms with Crippen LogP contribution in [0.25, 0.3) is 0 Å². The fraction of sp³-hybridized carbons (Fsp3) is 0.615. The van der Waals surface area contributed by atoms with Crippen molar-refractivity contribution < 1.29 is 4.79 Å². The fourth-order valence-corrected chi connectivity index (χ4v) is 2.49. The van der Waals surface area contributed by atoms with Crippen molar-refractivity contribution in [1.29, 1.82) is 0 Å². The molecule has 2 heterocycles. The number of nitrogens with one attached hydrogen (secondary N) is 2. The molecule has 1 aromatic heterocycles. The van der Waals surface area contributed by atoms with Gasteiger partial charge in [0.05, 0.1) is 0 Å². The first-order chi connectivity index (χ1) is 10.0. The summed E-state index contributed by atoms with van der Waals surface area (Å²) in [6.45, 7) is 4.05. The lowest BCUT2D eigenvalue weighted by Crippen LogP contribution is -2.34. The van der Waals surface area contributed by atoms with Crippen LogP contribution < -0.4 is 22.3 Å². The second-order valence-corrected chi connectivity index (χ2v) is 5.03. The molecular weight excluding hydrogens is 274 g/mol. The van der Waals surface area contributed by atoms with E-state index in [1.807, 2.05) is 4.90 Å². The number of aromatic amines is 1. The lowest BCUT2D eigenvalue weighted by molar-refractivity contribution is -0.129. The normalized spacial score (nSPS) is 14.4. The summed E-state index contributed by atoms with van der Waals surface area (Å²) in [7, 11) is 0. The number of nitrogen functional groups attached to an aromatic ring is 1. The zero-order valence-corrected chi connectivity index (χ0v) is 12.1. The Bertz CT molecular complexity index is 628. The highest BCUT2D eigenvalue weighted by molar-refractivity contribution is 5.77. The van der Waals surface area contributed by atoms with Gasteiger partial charge >= 0.3 is 5.69 Å². The van der Waals surface area contributed by atoms with Gasteiger partial charge in [-0.1, -0.05) is 0 Å². The van der Waals surface area contributed by atoms with Crippen LogP contribution in [0, 0.1) is 0 Å². The highest BCUT2D eigenvalue weighted by Gasteiger charge is 2.18. The van der Waals surface area contributed by atoms with Crippen molar-refractivity contribution in [2.24, 2.45) is 0 Å². The summed E-state index contributed by atoms with van der Waals surface area (Å²) in [5, 5.41) is 2.86. The number of nitrogens with two attached hydrogens (primary N) is 1. The molecule has 8 heteroatoms. The molecule has 2 rings (SSSR count). The van der Waals surface area contributed by atoms with E-state index >= 15 is 0 Å². The lowest BCUT2D eigenvalue weighted by Gasteiger charge is -2.16. The Morgan fingerprint density at radius 1 is 1.33 bits per heavy atom. The second kappa shape index (κ2) is 6.47. The van der Waals surface area contributed by atoms with Gasteiger partial charge in [0.15, 0.2) is 0 Å². The van der Waals surface area contributed by atoms with Crippen LogP contribution in [0.15, 0.2) is 9.59 Å². The van der Waals surface area contributed by atoms with E-state index in [1.165, 1.54) is 4.57 Å². The van der Waals surface area contributed by atoms with Crippen molar-refractivity contribution in [3.63, 3.8) is 0 Å². The Balaban J connectivity index is 2.01. The summed E-state index contributed by atoms with van der Waals surface area (Å²) in [6.07, 6.45) is 2.39. The van der Waals surface area contributed by atoms with Gasteiger partial charge in [0.2, 0.25) is 5.91 Å². The summed E-state index contributed by atoms with van der Waals surface area (Å²) in [5.41, 5.74) is 4.88. The molecule has 0 atom stereocenters. The van der Waals surface area contributed by atoms with Crippen molar-refractivity contribution in [2.45, 2.75) is 32.7 Å². The van der Waals surface area contributed by atoms with E-state index in [4.69, 9.17) is 5.73 Å². The third-order valence-corrected chi connectivity index (χ3v) is 3.66. The Morgan fingerprint density at radius 2 is 2.00 bits per heavy atom. The van der Waals surface area contributed by atoms with E-state index in [9.17, 15) is 14.4 Å². The van der Waals surface area contributed by atoms with Gasteiger partial charge in [-0.25, -0.2) is 4.79 Å². The average Bonchev–Trinajstić information content (AvgIpc) is 2.96. The standard InChI is InChI=1S/C13H21N5O3/c1-2-18-11(14)10(12(20)16-13(18)21)15-6-5-9(19)17-7-3-4-8-17/h15H,2-8,14H2,1H3,(H,16,20,21). The molecule has 0 aliphatic carbocycles. The van der Waals surface area contributed by atoms with Gasteiger partial charge in [-0.15, -0.1) is 0 Å². The first kappa shape index (κ1) is 15.1. The van der Waals surface area contributed by atoms with Crippen molar-refractivity contribution in [2.75, 3.05) is 30.7 Å². The van der Waals surface area contributed by atoms with Crippen molar-refractivity contribution in [3.8, 4) is 0 Å². The number of carbonyl (C=O) groups is 1. The summed E-state index contributed by atoms with van der Waals surface area (Å²) < 4.78 is 1.27. The van der Waals surface area contributed by atoms with Crippen LogP contribution in [0.5, 0.6) is 0 Å². The van der Waals surface area contributed by atoms with Gasteiger partial charge < -0.3 is 16.0 Å². The van der Waals surface area contributed by atoms with Gasteiger partial charge in [0, 0.05) is 32.6 Å². The summed E-state index contributed by atoms with van der Waals surface area (Å²) in [4.78, 5) is 39.2. The molecule has 4 N–H and O–H groups in total. The highest BCUT2D eigenvalue weighted by Crippen LogP contribution is 2.11. The molecule has 0 bridgehead atoms. The number of hydrogen-bond acceptors (Lipinski definition) is 5. The largest absolute Gasteiger partial charge is 0.383 e. The number of rotatable bonds is 5. The van der Waals surface area contributed by atoms with Gasteiger partial charge in [0.1, 0.15) is 11.5 Å². The maximum atomic E-state index is 11.9. The third kappa shape index (κ3) is 3.26. The maximum Gasteiger partial charge on any atom is 0.330 e. The average molecular weight is 295 g/mol. The Hall–Kier alpha value is -2.25. The Kier molecular flexibility index (Phi) is 4.66. The molecule has 116 valence electrons. The predicted molar refractivity (Wildman–Crippen MR) is 80.3 cm³/mol. The maximum absolute atomic E-state index is 11.9. The van der Waals surface area contributed by atoms with Crippen LogP contribution >= 0.6 is 0 Å². The number of nitrogens with zero attached hydrogens (tertiary/aromatic N) is 2. The molecule has 1 fully saturated rings. The number of amides is 1. The van der Waals surface area contributed by atoms with Gasteiger partial charge in [-0.3, -0.25) is 19.1 Å². The van der Waals surface area contributed by atoms with Crippen LogP contribution in [-0.2, 0) is 11.3 Å². The molecule has 1 aliphatic heterocycles. The topological polar surface area (TPSA) is 113 Å². The Morgan fingerprint density at radius 3 is 2.62 bits per heavy atom. The minimum absolute atomic E-state index is 0.0683. The van der Waals surface area contributed by atoms with Crippen LogP contribution in [0.1, 0.15) is 26.2 Å². The zero-order valence-electron chi connectivity index (χ0n) is 12.1. The number of likely N-dealkylation sites (tertiary alicyclic amines) is 1. The van der Waals surface area contributed by atoms with Gasteiger partial charge in [-0.2, -0.15) is 0 Å². The molecule has 8 nitrogen and oxygen atoms in total. The van der Waals surface area contributed by atoms with E-state index in [1.54, 1.807) is 6.92 Å². The van der Waals surface area contributed by atoms with E-state index < -0.39 is 11.2 Å². The minimum Gasteiger partial charge on any atom is -0.383 e. The van der Waals surface area contributed by atoms with E-state index in [0.717, 1.165) is 25.9 Å². The first-order valence-electron chi connectivity index (χ1n) is 7.18. The van der Waals surface area contributed by atoms with Crippen LogP contribution in [0.4, 0.5) is 11.5 Å².